The Bertz CT molecular complexity index is 704. The fraction of sp³-hybridized carbons (Fsp3) is 0.133. The predicted molar refractivity (Wildman–Crippen MR) is 76.3 cm³/mol. The molecule has 0 aromatic heterocycles. The first-order chi connectivity index (χ1) is 9.59. The molecule has 1 atom stereocenters. The molecule has 2 N–H and O–H groups in total. The fourth-order valence-electron chi connectivity index (χ4n) is 2.69. The fourth-order valence-corrected chi connectivity index (χ4v) is 2.97. The van der Waals surface area contributed by atoms with Gasteiger partial charge in [-0.3, -0.25) is 10.1 Å². The van der Waals surface area contributed by atoms with Crippen molar-refractivity contribution < 1.29 is 9.18 Å². The predicted octanol–water partition coefficient (Wildman–Crippen LogP) is 2.89. The molecule has 0 fully saturated rings. The Morgan fingerprint density at radius 1 is 1.20 bits per heavy atom. The number of halogens is 2. The number of rotatable bonds is 2. The lowest BCUT2D eigenvalue weighted by molar-refractivity contribution is -0.120. The van der Waals surface area contributed by atoms with E-state index in [2.05, 4.69) is 10.6 Å². The summed E-state index contributed by atoms with van der Waals surface area (Å²) in [4.78, 5) is 12.5. The van der Waals surface area contributed by atoms with E-state index in [1.807, 2.05) is 0 Å². The summed E-state index contributed by atoms with van der Waals surface area (Å²) < 4.78 is 13.6. The number of hydrogen-bond acceptors (Lipinski definition) is 2. The van der Waals surface area contributed by atoms with Crippen molar-refractivity contribution in [3.05, 3.63) is 64.4 Å². The van der Waals surface area contributed by atoms with Gasteiger partial charge in [-0.15, -0.1) is 0 Å². The summed E-state index contributed by atoms with van der Waals surface area (Å²) in [5, 5.41) is 6.22. The second-order valence-electron chi connectivity index (χ2n) is 4.62. The summed E-state index contributed by atoms with van der Waals surface area (Å²) in [6.45, 7) is 0. The Labute approximate surface area is 120 Å². The first kappa shape index (κ1) is 13.1. The van der Waals surface area contributed by atoms with Crippen LogP contribution in [0.25, 0.3) is 0 Å². The monoisotopic (exact) mass is 290 g/mol. The van der Waals surface area contributed by atoms with Gasteiger partial charge in [0.15, 0.2) is 5.54 Å². The molecule has 0 saturated heterocycles. The first-order valence-corrected chi connectivity index (χ1v) is 6.53. The molecule has 3 nitrogen and oxygen atoms in total. The Balaban J connectivity index is 2.32. The molecule has 5 heteroatoms. The summed E-state index contributed by atoms with van der Waals surface area (Å²) in [6.07, 6.45) is 0. The summed E-state index contributed by atoms with van der Waals surface area (Å²) in [5.41, 5.74) is 0.560. The zero-order valence-corrected chi connectivity index (χ0v) is 11.5. The molecule has 20 heavy (non-hydrogen) atoms. The highest BCUT2D eigenvalue weighted by molar-refractivity contribution is 6.32. The summed E-state index contributed by atoms with van der Waals surface area (Å²) >= 11 is 6.23. The molecular formula is C15H12ClFN2O. The Morgan fingerprint density at radius 3 is 2.65 bits per heavy atom. The molecule has 1 aliphatic heterocycles. The number of carbonyl (C=O) groups excluding carboxylic acids is 1. The maximum atomic E-state index is 13.6. The highest BCUT2D eigenvalue weighted by Gasteiger charge is 2.48. The highest BCUT2D eigenvalue weighted by Crippen LogP contribution is 2.43. The molecule has 1 aliphatic rings. The Kier molecular flexibility index (Phi) is 3.00. The second-order valence-corrected chi connectivity index (χ2v) is 5.03. The van der Waals surface area contributed by atoms with E-state index in [1.54, 1.807) is 37.4 Å². The average Bonchev–Trinajstić information content (AvgIpc) is 2.72. The van der Waals surface area contributed by atoms with Gasteiger partial charge in [0.05, 0.1) is 0 Å². The van der Waals surface area contributed by atoms with Crippen LogP contribution < -0.4 is 10.6 Å². The van der Waals surface area contributed by atoms with Crippen molar-refractivity contribution >= 4 is 23.2 Å². The van der Waals surface area contributed by atoms with Crippen molar-refractivity contribution in [2.75, 3.05) is 12.4 Å². The van der Waals surface area contributed by atoms with Crippen molar-refractivity contribution in [1.82, 2.24) is 5.32 Å². The molecule has 1 amide bonds. The zero-order chi connectivity index (χ0) is 14.3. The van der Waals surface area contributed by atoms with Gasteiger partial charge in [0.1, 0.15) is 5.82 Å². The quantitative estimate of drug-likeness (QED) is 0.893. The number of anilines is 1. The lowest BCUT2D eigenvalue weighted by Crippen LogP contribution is -2.47. The lowest BCUT2D eigenvalue weighted by atomic mass is 9.84. The molecular weight excluding hydrogens is 279 g/mol. The topological polar surface area (TPSA) is 41.1 Å². The van der Waals surface area contributed by atoms with Crippen LogP contribution in [0.5, 0.6) is 0 Å². The van der Waals surface area contributed by atoms with E-state index in [4.69, 9.17) is 11.6 Å². The van der Waals surface area contributed by atoms with Gasteiger partial charge in [-0.1, -0.05) is 29.8 Å². The van der Waals surface area contributed by atoms with Crippen molar-refractivity contribution in [3.8, 4) is 0 Å². The van der Waals surface area contributed by atoms with Gasteiger partial charge in [-0.25, -0.2) is 4.39 Å². The molecule has 0 radical (unpaired) electrons. The Hall–Kier alpha value is -1.91. The van der Waals surface area contributed by atoms with E-state index in [9.17, 15) is 9.18 Å². The molecule has 0 spiro atoms. The molecule has 2 aromatic rings. The van der Waals surface area contributed by atoms with Crippen molar-refractivity contribution in [3.63, 3.8) is 0 Å². The minimum Gasteiger partial charge on any atom is -0.324 e. The smallest absolute Gasteiger partial charge is 0.254 e. The van der Waals surface area contributed by atoms with Crippen LogP contribution in [0.4, 0.5) is 10.1 Å². The number of likely N-dealkylation sites (N-methyl/N-ethyl adjacent to an activating group) is 1. The lowest BCUT2D eigenvalue weighted by Gasteiger charge is -2.28. The van der Waals surface area contributed by atoms with E-state index in [0.717, 1.165) is 0 Å². The van der Waals surface area contributed by atoms with Crippen molar-refractivity contribution in [1.29, 1.82) is 0 Å². The molecule has 1 heterocycles. The van der Waals surface area contributed by atoms with Gasteiger partial charge in [0.2, 0.25) is 0 Å². The van der Waals surface area contributed by atoms with Crippen LogP contribution in [0.2, 0.25) is 5.02 Å². The molecule has 0 aliphatic carbocycles. The van der Waals surface area contributed by atoms with Crippen LogP contribution in [0, 0.1) is 5.82 Å². The van der Waals surface area contributed by atoms with E-state index < -0.39 is 11.4 Å². The van der Waals surface area contributed by atoms with Gasteiger partial charge < -0.3 is 5.32 Å². The van der Waals surface area contributed by atoms with E-state index in [0.29, 0.717) is 21.8 Å². The SMILES string of the molecule is CNC1(c2ccccc2Cl)C(=O)Nc2ccc(F)cc21. The average molecular weight is 291 g/mol. The summed E-state index contributed by atoms with van der Waals surface area (Å²) in [7, 11) is 1.66. The third-order valence-corrected chi connectivity index (χ3v) is 3.96. The highest BCUT2D eigenvalue weighted by atomic mass is 35.5. The van der Waals surface area contributed by atoms with Gasteiger partial charge in [0, 0.05) is 21.8 Å². The zero-order valence-electron chi connectivity index (χ0n) is 10.7. The van der Waals surface area contributed by atoms with Gasteiger partial charge in [0.25, 0.3) is 5.91 Å². The first-order valence-electron chi connectivity index (χ1n) is 6.15. The molecule has 2 aromatic carbocycles. The normalized spacial score (nSPS) is 20.6. The van der Waals surface area contributed by atoms with E-state index in [-0.39, 0.29) is 5.91 Å². The van der Waals surface area contributed by atoms with E-state index >= 15 is 0 Å². The largest absolute Gasteiger partial charge is 0.324 e. The van der Waals surface area contributed by atoms with Crippen molar-refractivity contribution in [2.24, 2.45) is 0 Å². The van der Waals surface area contributed by atoms with E-state index in [1.165, 1.54) is 12.1 Å². The maximum Gasteiger partial charge on any atom is 0.254 e. The molecule has 102 valence electrons. The number of hydrogen-bond donors (Lipinski definition) is 2. The summed E-state index contributed by atoms with van der Waals surface area (Å²) in [6, 6.07) is 11.3. The van der Waals surface area contributed by atoms with Crippen LogP contribution in [0.1, 0.15) is 11.1 Å². The van der Waals surface area contributed by atoms with Crippen LogP contribution in [0.3, 0.4) is 0 Å². The number of nitrogens with one attached hydrogen (secondary N) is 2. The molecule has 3 rings (SSSR count). The van der Waals surface area contributed by atoms with Gasteiger partial charge in [-0.2, -0.15) is 0 Å². The maximum absolute atomic E-state index is 13.6. The van der Waals surface area contributed by atoms with Gasteiger partial charge in [-0.05, 0) is 31.3 Å². The third-order valence-electron chi connectivity index (χ3n) is 3.63. The van der Waals surface area contributed by atoms with Crippen LogP contribution in [-0.4, -0.2) is 13.0 Å². The number of carbonyl (C=O) groups is 1. The molecule has 0 saturated carbocycles. The van der Waals surface area contributed by atoms with Crippen LogP contribution in [-0.2, 0) is 10.3 Å². The minimum absolute atomic E-state index is 0.270. The Morgan fingerprint density at radius 2 is 1.95 bits per heavy atom. The van der Waals surface area contributed by atoms with Crippen LogP contribution in [0.15, 0.2) is 42.5 Å². The number of amides is 1. The minimum atomic E-state index is -1.17. The molecule has 0 bridgehead atoms. The number of benzene rings is 2. The molecule has 1 unspecified atom stereocenters. The van der Waals surface area contributed by atoms with Crippen molar-refractivity contribution in [2.45, 2.75) is 5.54 Å². The summed E-state index contributed by atoms with van der Waals surface area (Å²) in [5.74, 6) is -0.666. The van der Waals surface area contributed by atoms with Gasteiger partial charge >= 0.3 is 0 Å². The van der Waals surface area contributed by atoms with Crippen LogP contribution >= 0.6 is 11.6 Å². The third kappa shape index (κ3) is 1.65. The standard InChI is InChI=1S/C15H12ClFN2O/c1-18-15(10-4-2-3-5-12(10)16)11-8-9(17)6-7-13(11)19-14(15)20/h2-8,18H,1H3,(H,19,20). The second kappa shape index (κ2) is 4.58. The number of fused-ring (bicyclic) bond motifs is 1.